The number of unbranched alkanes of at least 4 members (excludes halogenated alkanes) is 2. The topological polar surface area (TPSA) is 64.6 Å². The van der Waals surface area contributed by atoms with Crippen LogP contribution in [0.5, 0.6) is 0 Å². The van der Waals surface area contributed by atoms with E-state index in [2.05, 4.69) is 61.2 Å². The SMILES string of the molecule is CCCc1nc2c(NC(=O)CCCCCN(C)CCCN(C)CCCN(C)C)nc3ccccc3c2s1. The van der Waals surface area contributed by atoms with Gasteiger partial charge in [-0.25, -0.2) is 9.97 Å². The van der Waals surface area contributed by atoms with Gasteiger partial charge in [-0.1, -0.05) is 31.5 Å². The first kappa shape index (κ1) is 29.4. The molecule has 1 N–H and O–H groups in total. The number of para-hydroxylation sites is 1. The lowest BCUT2D eigenvalue weighted by Gasteiger charge is -2.21. The summed E-state index contributed by atoms with van der Waals surface area (Å²) >= 11 is 1.72. The third kappa shape index (κ3) is 9.60. The van der Waals surface area contributed by atoms with Crippen LogP contribution < -0.4 is 5.32 Å². The van der Waals surface area contributed by atoms with Crippen LogP contribution in [0.2, 0.25) is 0 Å². The number of aromatic nitrogens is 2. The molecule has 0 atom stereocenters. The molecule has 0 saturated heterocycles. The average Bonchev–Trinajstić information content (AvgIpc) is 3.28. The Kier molecular flexibility index (Phi) is 12.2. The normalized spacial score (nSPS) is 12.0. The lowest BCUT2D eigenvalue weighted by Crippen LogP contribution is -2.28. The van der Waals surface area contributed by atoms with Crippen LogP contribution in [0, 0.1) is 0 Å². The second-order valence-corrected chi connectivity index (χ2v) is 11.6. The van der Waals surface area contributed by atoms with E-state index in [1.165, 1.54) is 12.8 Å². The number of anilines is 1. The zero-order valence-electron chi connectivity index (χ0n) is 23.6. The highest BCUT2D eigenvalue weighted by Gasteiger charge is 2.15. The van der Waals surface area contributed by atoms with Gasteiger partial charge in [0.15, 0.2) is 5.82 Å². The largest absolute Gasteiger partial charge is 0.309 e. The Morgan fingerprint density at radius 2 is 1.54 bits per heavy atom. The van der Waals surface area contributed by atoms with Gasteiger partial charge >= 0.3 is 0 Å². The van der Waals surface area contributed by atoms with Crippen molar-refractivity contribution in [2.75, 3.05) is 66.2 Å². The standard InChI is InChI=1S/C29H46N6OS/c1-6-14-26-32-27-28(37-26)23-15-9-10-16-24(23)30-29(27)31-25(36)17-8-7-11-19-34(4)21-13-22-35(5)20-12-18-33(2)3/h9-10,15-16H,6-8,11-14,17-22H2,1-5H3,(H,30,31,36). The molecule has 204 valence electrons. The van der Waals surface area contributed by atoms with E-state index in [0.717, 1.165) is 91.0 Å². The van der Waals surface area contributed by atoms with Crippen LogP contribution in [0.4, 0.5) is 5.82 Å². The third-order valence-corrected chi connectivity index (χ3v) is 7.82. The predicted octanol–water partition coefficient (Wildman–Crippen LogP) is 5.50. The fourth-order valence-electron chi connectivity index (χ4n) is 4.58. The molecule has 37 heavy (non-hydrogen) atoms. The van der Waals surface area contributed by atoms with E-state index in [4.69, 9.17) is 9.97 Å². The summed E-state index contributed by atoms with van der Waals surface area (Å²) in [5.74, 6) is 0.628. The molecule has 8 heteroatoms. The Hall–Kier alpha value is -2.13. The zero-order valence-corrected chi connectivity index (χ0v) is 24.4. The number of carbonyl (C=O) groups is 1. The number of carbonyl (C=O) groups excluding carboxylic acids is 1. The first-order chi connectivity index (χ1) is 17.9. The fraction of sp³-hybridized carbons (Fsp3) is 0.621. The van der Waals surface area contributed by atoms with Gasteiger partial charge in [-0.05, 0) is 106 Å². The van der Waals surface area contributed by atoms with Crippen LogP contribution >= 0.6 is 11.3 Å². The number of pyridine rings is 1. The maximum atomic E-state index is 12.7. The molecule has 1 aromatic carbocycles. The highest BCUT2D eigenvalue weighted by Crippen LogP contribution is 2.34. The number of benzene rings is 1. The molecule has 0 radical (unpaired) electrons. The van der Waals surface area contributed by atoms with E-state index >= 15 is 0 Å². The van der Waals surface area contributed by atoms with E-state index in [1.807, 2.05) is 18.2 Å². The van der Waals surface area contributed by atoms with Crippen molar-refractivity contribution in [1.82, 2.24) is 24.7 Å². The predicted molar refractivity (Wildman–Crippen MR) is 159 cm³/mol. The Bertz CT molecular complexity index is 1110. The number of hydrogen-bond donors (Lipinski definition) is 1. The van der Waals surface area contributed by atoms with Crippen molar-refractivity contribution in [3.63, 3.8) is 0 Å². The molecule has 0 aliphatic carbocycles. The first-order valence-electron chi connectivity index (χ1n) is 13.9. The van der Waals surface area contributed by atoms with Gasteiger partial charge in [0.25, 0.3) is 0 Å². The van der Waals surface area contributed by atoms with Crippen LogP contribution in [0.1, 0.15) is 56.9 Å². The average molecular weight is 527 g/mol. The zero-order chi connectivity index (χ0) is 26.6. The Labute approximate surface area is 227 Å². The number of rotatable bonds is 17. The quantitative estimate of drug-likeness (QED) is 0.234. The second-order valence-electron chi connectivity index (χ2n) is 10.5. The minimum Gasteiger partial charge on any atom is -0.309 e. The Balaban J connectivity index is 1.38. The molecule has 3 aromatic rings. The van der Waals surface area contributed by atoms with Crippen molar-refractivity contribution < 1.29 is 4.79 Å². The van der Waals surface area contributed by atoms with Crippen molar-refractivity contribution in [3.8, 4) is 0 Å². The molecular weight excluding hydrogens is 480 g/mol. The second kappa shape index (κ2) is 15.3. The molecular formula is C29H46N6OS. The van der Waals surface area contributed by atoms with Gasteiger partial charge in [-0.15, -0.1) is 11.3 Å². The summed E-state index contributed by atoms with van der Waals surface area (Å²) in [6.45, 7) is 7.82. The van der Waals surface area contributed by atoms with E-state index in [1.54, 1.807) is 11.3 Å². The van der Waals surface area contributed by atoms with Crippen LogP contribution in [0.25, 0.3) is 21.1 Å². The van der Waals surface area contributed by atoms with Gasteiger partial charge in [-0.2, -0.15) is 0 Å². The summed E-state index contributed by atoms with van der Waals surface area (Å²) in [4.78, 5) is 29.4. The summed E-state index contributed by atoms with van der Waals surface area (Å²) < 4.78 is 1.12. The van der Waals surface area contributed by atoms with Gasteiger partial charge in [0.05, 0.1) is 15.2 Å². The number of fused-ring (bicyclic) bond motifs is 3. The summed E-state index contributed by atoms with van der Waals surface area (Å²) in [6.07, 6.45) is 8.00. The van der Waals surface area contributed by atoms with E-state index in [-0.39, 0.29) is 5.91 Å². The fourth-order valence-corrected chi connectivity index (χ4v) is 5.78. The number of nitrogens with one attached hydrogen (secondary N) is 1. The lowest BCUT2D eigenvalue weighted by atomic mass is 10.1. The van der Waals surface area contributed by atoms with Gasteiger partial charge in [0.2, 0.25) is 5.91 Å². The number of hydrogen-bond acceptors (Lipinski definition) is 7. The molecule has 2 heterocycles. The van der Waals surface area contributed by atoms with Crippen molar-refractivity contribution in [2.45, 2.75) is 58.3 Å². The highest BCUT2D eigenvalue weighted by molar-refractivity contribution is 7.19. The summed E-state index contributed by atoms with van der Waals surface area (Å²) in [5.41, 5.74) is 1.73. The number of amides is 1. The van der Waals surface area contributed by atoms with Crippen molar-refractivity contribution >= 4 is 44.2 Å². The summed E-state index contributed by atoms with van der Waals surface area (Å²) in [5, 5.41) is 5.28. The molecule has 1 amide bonds. The van der Waals surface area contributed by atoms with E-state index in [9.17, 15) is 4.79 Å². The van der Waals surface area contributed by atoms with Gasteiger partial charge in [0, 0.05) is 11.8 Å². The van der Waals surface area contributed by atoms with E-state index < -0.39 is 0 Å². The Morgan fingerprint density at radius 1 is 0.865 bits per heavy atom. The maximum Gasteiger partial charge on any atom is 0.225 e. The van der Waals surface area contributed by atoms with Crippen LogP contribution in [0.3, 0.4) is 0 Å². The maximum absolute atomic E-state index is 12.7. The molecule has 2 aromatic heterocycles. The molecule has 0 saturated carbocycles. The van der Waals surface area contributed by atoms with Gasteiger partial charge in [0.1, 0.15) is 5.52 Å². The van der Waals surface area contributed by atoms with E-state index in [0.29, 0.717) is 12.2 Å². The molecule has 0 aliphatic rings. The number of aryl methyl sites for hydroxylation is 1. The Morgan fingerprint density at radius 3 is 2.24 bits per heavy atom. The number of thiazole rings is 1. The van der Waals surface area contributed by atoms with Crippen molar-refractivity contribution in [1.29, 1.82) is 0 Å². The first-order valence-corrected chi connectivity index (χ1v) is 14.7. The van der Waals surface area contributed by atoms with Crippen LogP contribution in [-0.4, -0.2) is 91.5 Å². The monoisotopic (exact) mass is 526 g/mol. The smallest absolute Gasteiger partial charge is 0.225 e. The van der Waals surface area contributed by atoms with Gasteiger partial charge in [-0.3, -0.25) is 4.79 Å². The summed E-state index contributed by atoms with van der Waals surface area (Å²) in [6, 6.07) is 8.11. The summed E-state index contributed by atoms with van der Waals surface area (Å²) in [7, 11) is 8.69. The highest BCUT2D eigenvalue weighted by atomic mass is 32.1. The molecule has 0 spiro atoms. The molecule has 0 fully saturated rings. The van der Waals surface area contributed by atoms with Crippen LogP contribution in [-0.2, 0) is 11.2 Å². The lowest BCUT2D eigenvalue weighted by molar-refractivity contribution is -0.116. The van der Waals surface area contributed by atoms with Crippen LogP contribution in [0.15, 0.2) is 24.3 Å². The molecule has 0 aliphatic heterocycles. The van der Waals surface area contributed by atoms with Gasteiger partial charge < -0.3 is 20.0 Å². The molecule has 7 nitrogen and oxygen atoms in total. The molecule has 3 rings (SSSR count). The molecule has 0 bridgehead atoms. The third-order valence-electron chi connectivity index (χ3n) is 6.67. The minimum atomic E-state index is 0.0276. The van der Waals surface area contributed by atoms with Crippen molar-refractivity contribution in [3.05, 3.63) is 29.3 Å². The van der Waals surface area contributed by atoms with Crippen molar-refractivity contribution in [2.24, 2.45) is 0 Å². The molecule has 0 unspecified atom stereocenters. The minimum absolute atomic E-state index is 0.0276. The number of nitrogens with zero attached hydrogens (tertiary/aromatic N) is 5.